The molecule has 0 saturated heterocycles. The van der Waals surface area contributed by atoms with Gasteiger partial charge in [-0.1, -0.05) is 35.3 Å². The Morgan fingerprint density at radius 1 is 1.30 bits per heavy atom. The fourth-order valence-electron chi connectivity index (χ4n) is 1.71. The number of hydrogen-bond acceptors (Lipinski definition) is 4. The number of pyridine rings is 1. The lowest BCUT2D eigenvalue weighted by molar-refractivity contribution is 0.0691. The number of carboxylic acids is 1. The van der Waals surface area contributed by atoms with Crippen molar-refractivity contribution in [2.24, 2.45) is 5.73 Å². The van der Waals surface area contributed by atoms with Gasteiger partial charge in [0.2, 0.25) is 0 Å². The number of carboxylic acid groups (broad SMARTS) is 1. The van der Waals surface area contributed by atoms with Gasteiger partial charge in [0.25, 0.3) is 0 Å². The second-order valence-corrected chi connectivity index (χ2v) is 4.86. The molecule has 0 atom stereocenters. The first-order valence-electron chi connectivity index (χ1n) is 5.62. The molecular weight excluding hydrogens is 301 g/mol. The van der Waals surface area contributed by atoms with E-state index in [9.17, 15) is 4.79 Å². The summed E-state index contributed by atoms with van der Waals surface area (Å²) in [6, 6.07) is 6.66. The molecule has 0 spiro atoms. The van der Waals surface area contributed by atoms with Crippen LogP contribution in [-0.2, 0) is 6.54 Å². The predicted octanol–water partition coefficient (Wildman–Crippen LogP) is 2.79. The number of nitrogens with two attached hydrogens (primary N) is 2. The monoisotopic (exact) mass is 311 g/mol. The van der Waals surface area contributed by atoms with Crippen LogP contribution in [0.4, 0.5) is 5.69 Å². The summed E-state index contributed by atoms with van der Waals surface area (Å²) in [4.78, 5) is 15.1. The van der Waals surface area contributed by atoms with Crippen LogP contribution in [-0.4, -0.2) is 16.1 Å². The molecule has 1 aromatic heterocycles. The maximum atomic E-state index is 11.1. The van der Waals surface area contributed by atoms with Crippen LogP contribution < -0.4 is 11.5 Å². The number of halogens is 2. The molecule has 5 nitrogen and oxygen atoms in total. The molecule has 0 bridgehead atoms. The van der Waals surface area contributed by atoms with Crippen molar-refractivity contribution < 1.29 is 9.90 Å². The first-order valence-corrected chi connectivity index (χ1v) is 6.37. The van der Waals surface area contributed by atoms with Crippen LogP contribution in [0.25, 0.3) is 11.3 Å². The summed E-state index contributed by atoms with van der Waals surface area (Å²) in [5, 5.41) is 9.46. The van der Waals surface area contributed by atoms with E-state index < -0.39 is 5.97 Å². The summed E-state index contributed by atoms with van der Waals surface area (Å²) in [6.07, 6.45) is 0. The van der Waals surface area contributed by atoms with Crippen molar-refractivity contribution in [3.8, 4) is 11.3 Å². The van der Waals surface area contributed by atoms with Crippen LogP contribution in [0.2, 0.25) is 10.0 Å². The number of benzene rings is 1. The highest BCUT2D eigenvalue weighted by atomic mass is 35.5. The Balaban J connectivity index is 2.58. The molecule has 7 heteroatoms. The molecule has 2 aromatic rings. The summed E-state index contributed by atoms with van der Waals surface area (Å²) in [5.74, 6) is -1.24. The van der Waals surface area contributed by atoms with E-state index in [-0.39, 0.29) is 16.4 Å². The molecule has 5 N–H and O–H groups in total. The van der Waals surface area contributed by atoms with Crippen molar-refractivity contribution >= 4 is 34.9 Å². The van der Waals surface area contributed by atoms with Crippen molar-refractivity contribution in [3.63, 3.8) is 0 Å². The fraction of sp³-hybridized carbons (Fsp3) is 0.0769. The van der Waals surface area contributed by atoms with Gasteiger partial charge in [0, 0.05) is 17.1 Å². The molecule has 0 amide bonds. The van der Waals surface area contributed by atoms with Crippen LogP contribution in [0.5, 0.6) is 0 Å². The quantitative estimate of drug-likeness (QED) is 0.809. The van der Waals surface area contributed by atoms with Crippen molar-refractivity contribution in [1.29, 1.82) is 0 Å². The molecule has 1 heterocycles. The predicted molar refractivity (Wildman–Crippen MR) is 79.0 cm³/mol. The summed E-state index contributed by atoms with van der Waals surface area (Å²) in [6.45, 7) is 0.315. The van der Waals surface area contributed by atoms with Crippen LogP contribution in [0.1, 0.15) is 16.1 Å². The van der Waals surface area contributed by atoms with Gasteiger partial charge >= 0.3 is 5.97 Å². The Hall–Kier alpha value is -1.82. The van der Waals surface area contributed by atoms with Gasteiger partial charge in [0.05, 0.1) is 16.4 Å². The lowest BCUT2D eigenvalue weighted by Crippen LogP contribution is -2.05. The molecule has 0 aliphatic carbocycles. The van der Waals surface area contributed by atoms with Crippen molar-refractivity contribution in [2.75, 3.05) is 5.73 Å². The zero-order chi connectivity index (χ0) is 14.9. The molecule has 2 rings (SSSR count). The van der Waals surface area contributed by atoms with E-state index in [1.54, 1.807) is 18.2 Å². The Kier molecular flexibility index (Phi) is 4.13. The van der Waals surface area contributed by atoms with E-state index in [0.717, 1.165) is 5.56 Å². The Labute approximate surface area is 125 Å². The molecule has 20 heavy (non-hydrogen) atoms. The zero-order valence-electron chi connectivity index (χ0n) is 10.2. The molecule has 1 aromatic carbocycles. The average molecular weight is 312 g/mol. The van der Waals surface area contributed by atoms with E-state index in [1.807, 2.05) is 0 Å². The average Bonchev–Trinajstić information content (AvgIpc) is 2.41. The topological polar surface area (TPSA) is 102 Å². The van der Waals surface area contributed by atoms with Gasteiger partial charge in [-0.05, 0) is 17.7 Å². The lowest BCUT2D eigenvalue weighted by Gasteiger charge is -2.09. The zero-order valence-corrected chi connectivity index (χ0v) is 11.7. The third-order valence-corrected chi connectivity index (χ3v) is 3.51. The summed E-state index contributed by atoms with van der Waals surface area (Å²) >= 11 is 11.9. The third-order valence-electron chi connectivity index (χ3n) is 2.76. The summed E-state index contributed by atoms with van der Waals surface area (Å²) in [7, 11) is 0. The van der Waals surface area contributed by atoms with Gasteiger partial charge in [-0.15, -0.1) is 0 Å². The highest BCUT2D eigenvalue weighted by molar-refractivity contribution is 6.35. The number of anilines is 1. The number of nitrogens with zero attached hydrogens (tertiary/aromatic N) is 1. The summed E-state index contributed by atoms with van der Waals surface area (Å²) in [5.41, 5.74) is 12.9. The summed E-state index contributed by atoms with van der Waals surface area (Å²) < 4.78 is 0. The van der Waals surface area contributed by atoms with Gasteiger partial charge in [0.1, 0.15) is 0 Å². The van der Waals surface area contributed by atoms with Gasteiger partial charge in [0.15, 0.2) is 5.69 Å². The maximum absolute atomic E-state index is 11.1. The minimum absolute atomic E-state index is 0.0778. The second kappa shape index (κ2) is 5.66. The molecule has 104 valence electrons. The highest BCUT2D eigenvalue weighted by Crippen LogP contribution is 2.30. The first kappa shape index (κ1) is 14.6. The van der Waals surface area contributed by atoms with E-state index in [0.29, 0.717) is 22.8 Å². The van der Waals surface area contributed by atoms with Crippen molar-refractivity contribution in [3.05, 3.63) is 45.6 Å². The number of nitrogen functional groups attached to an aromatic ring is 1. The van der Waals surface area contributed by atoms with Crippen molar-refractivity contribution in [2.45, 2.75) is 6.54 Å². The van der Waals surface area contributed by atoms with Gasteiger partial charge in [-0.2, -0.15) is 0 Å². The van der Waals surface area contributed by atoms with Crippen LogP contribution in [0, 0.1) is 0 Å². The Bertz CT molecular complexity index is 690. The third kappa shape index (κ3) is 2.70. The standard InChI is InChI=1S/C13H11Cl2N3O2/c14-8-3-6(1-2-7(8)5-16)10-4-9(17)11(15)12(18-10)13(19)20/h1-4H,5,16H2,(H2,17,18)(H,19,20). The lowest BCUT2D eigenvalue weighted by atomic mass is 10.1. The van der Waals surface area contributed by atoms with Crippen LogP contribution in [0.3, 0.4) is 0 Å². The number of aromatic nitrogens is 1. The van der Waals surface area contributed by atoms with E-state index in [1.165, 1.54) is 6.07 Å². The Morgan fingerprint density at radius 2 is 2.00 bits per heavy atom. The first-order chi connectivity index (χ1) is 9.43. The molecule has 0 aliphatic rings. The van der Waals surface area contributed by atoms with Gasteiger partial charge in [-0.25, -0.2) is 9.78 Å². The normalized spacial score (nSPS) is 10.6. The van der Waals surface area contributed by atoms with Gasteiger partial charge in [-0.3, -0.25) is 0 Å². The maximum Gasteiger partial charge on any atom is 0.356 e. The number of aromatic carboxylic acids is 1. The van der Waals surface area contributed by atoms with Gasteiger partial charge < -0.3 is 16.6 Å². The molecule has 0 unspecified atom stereocenters. The highest BCUT2D eigenvalue weighted by Gasteiger charge is 2.16. The molecule has 0 saturated carbocycles. The van der Waals surface area contributed by atoms with E-state index in [4.69, 9.17) is 39.8 Å². The number of carbonyl (C=O) groups is 1. The smallest absolute Gasteiger partial charge is 0.356 e. The second-order valence-electron chi connectivity index (χ2n) is 4.07. The minimum Gasteiger partial charge on any atom is -0.476 e. The molecule has 0 radical (unpaired) electrons. The molecule has 0 aliphatic heterocycles. The fourth-order valence-corrected chi connectivity index (χ4v) is 2.15. The number of rotatable bonds is 3. The number of hydrogen-bond donors (Lipinski definition) is 3. The van der Waals surface area contributed by atoms with E-state index in [2.05, 4.69) is 4.98 Å². The van der Waals surface area contributed by atoms with E-state index >= 15 is 0 Å². The van der Waals surface area contributed by atoms with Crippen LogP contribution >= 0.6 is 23.2 Å². The largest absolute Gasteiger partial charge is 0.476 e. The SMILES string of the molecule is NCc1ccc(-c2cc(N)c(Cl)c(C(=O)O)n2)cc1Cl. The Morgan fingerprint density at radius 3 is 2.55 bits per heavy atom. The van der Waals surface area contributed by atoms with Crippen LogP contribution in [0.15, 0.2) is 24.3 Å². The van der Waals surface area contributed by atoms with Crippen molar-refractivity contribution in [1.82, 2.24) is 4.98 Å². The minimum atomic E-state index is -1.24. The molecule has 0 fully saturated rings. The molecular formula is C13H11Cl2N3O2.